The summed E-state index contributed by atoms with van der Waals surface area (Å²) in [7, 11) is 0. The Morgan fingerprint density at radius 2 is 0.574 bits per heavy atom. The summed E-state index contributed by atoms with van der Waals surface area (Å²) in [5, 5.41) is 0. The zero-order valence-electron chi connectivity index (χ0n) is 44.9. The number of allylic oxidation sites excluding steroid dienone is 12. The maximum Gasteiger partial charge on any atom is 0.306 e. The van der Waals surface area contributed by atoms with Gasteiger partial charge in [0.2, 0.25) is 0 Å². The van der Waals surface area contributed by atoms with E-state index in [9.17, 15) is 14.4 Å². The molecule has 0 heterocycles. The molecule has 1 unspecified atom stereocenters. The Kier molecular flexibility index (Phi) is 53.8. The molecule has 0 spiro atoms. The molecule has 0 aromatic rings. The van der Waals surface area contributed by atoms with Gasteiger partial charge in [0, 0.05) is 19.3 Å². The highest BCUT2D eigenvalue weighted by Crippen LogP contribution is 2.16. The van der Waals surface area contributed by atoms with Gasteiger partial charge < -0.3 is 14.2 Å². The summed E-state index contributed by atoms with van der Waals surface area (Å²) in [5.74, 6) is -0.883. The molecule has 6 nitrogen and oxygen atoms in total. The number of hydrogen-bond donors (Lipinski definition) is 0. The molecule has 6 heteroatoms. The second-order valence-corrected chi connectivity index (χ2v) is 19.2. The van der Waals surface area contributed by atoms with Gasteiger partial charge in [-0.2, -0.15) is 0 Å². The summed E-state index contributed by atoms with van der Waals surface area (Å²) in [6.45, 7) is 6.50. The lowest BCUT2D eigenvalue weighted by Crippen LogP contribution is -2.30. The van der Waals surface area contributed by atoms with Crippen LogP contribution in [0.15, 0.2) is 72.9 Å². The Morgan fingerprint density at radius 3 is 0.926 bits per heavy atom. The number of carbonyl (C=O) groups is 3. The molecule has 0 aliphatic carbocycles. The SMILES string of the molecule is CC/C=C\C/C=C\C/C=C\C/C=C\C/C=C\CCCCCCCCCCCCCC(=O)OCC(COC(=O)CCCCCCCCCCCC)OC(=O)CCCCCCC/C=C\CCCCCC. The van der Waals surface area contributed by atoms with E-state index in [1.807, 2.05) is 0 Å². The van der Waals surface area contributed by atoms with E-state index < -0.39 is 6.10 Å². The number of carbonyl (C=O) groups excluding carboxylic acids is 3. The topological polar surface area (TPSA) is 78.9 Å². The zero-order chi connectivity index (χ0) is 49.3. The lowest BCUT2D eigenvalue weighted by Gasteiger charge is -2.18. The van der Waals surface area contributed by atoms with Gasteiger partial charge in [-0.1, -0.05) is 248 Å². The van der Waals surface area contributed by atoms with Crippen molar-refractivity contribution in [3.63, 3.8) is 0 Å². The molecular formula is C62H108O6. The van der Waals surface area contributed by atoms with Crippen LogP contribution in [0, 0.1) is 0 Å². The smallest absolute Gasteiger partial charge is 0.306 e. The van der Waals surface area contributed by atoms with Gasteiger partial charge in [-0.3, -0.25) is 14.4 Å². The lowest BCUT2D eigenvalue weighted by atomic mass is 10.0. The molecular weight excluding hydrogens is 841 g/mol. The van der Waals surface area contributed by atoms with Crippen LogP contribution in [0.5, 0.6) is 0 Å². The molecule has 0 bridgehead atoms. The van der Waals surface area contributed by atoms with Gasteiger partial charge in [0.05, 0.1) is 0 Å². The molecule has 0 saturated heterocycles. The summed E-state index contributed by atoms with van der Waals surface area (Å²) >= 11 is 0. The third-order valence-corrected chi connectivity index (χ3v) is 12.4. The van der Waals surface area contributed by atoms with Crippen LogP contribution in [0.2, 0.25) is 0 Å². The van der Waals surface area contributed by atoms with Crippen molar-refractivity contribution in [1.29, 1.82) is 0 Å². The third kappa shape index (κ3) is 53.8. The van der Waals surface area contributed by atoms with Crippen molar-refractivity contribution in [2.75, 3.05) is 13.2 Å². The second-order valence-electron chi connectivity index (χ2n) is 19.2. The summed E-state index contributed by atoms with van der Waals surface area (Å²) < 4.78 is 16.8. The molecule has 0 aliphatic rings. The van der Waals surface area contributed by atoms with Crippen molar-refractivity contribution in [3.8, 4) is 0 Å². The lowest BCUT2D eigenvalue weighted by molar-refractivity contribution is -0.167. The van der Waals surface area contributed by atoms with Crippen LogP contribution in [-0.4, -0.2) is 37.2 Å². The highest BCUT2D eigenvalue weighted by molar-refractivity contribution is 5.71. The molecule has 0 fully saturated rings. The molecule has 0 radical (unpaired) electrons. The van der Waals surface area contributed by atoms with Crippen molar-refractivity contribution in [2.45, 2.75) is 290 Å². The van der Waals surface area contributed by atoms with E-state index in [1.165, 1.54) is 141 Å². The summed E-state index contributed by atoms with van der Waals surface area (Å²) in [4.78, 5) is 38.0. The van der Waals surface area contributed by atoms with Gasteiger partial charge in [0.25, 0.3) is 0 Å². The van der Waals surface area contributed by atoms with Gasteiger partial charge in [0.15, 0.2) is 6.10 Å². The van der Waals surface area contributed by atoms with Crippen LogP contribution in [-0.2, 0) is 28.6 Å². The maximum absolute atomic E-state index is 12.8. The molecule has 1 atom stereocenters. The number of hydrogen-bond acceptors (Lipinski definition) is 6. The molecule has 0 rings (SSSR count). The van der Waals surface area contributed by atoms with Crippen LogP contribution in [0.25, 0.3) is 0 Å². The molecule has 0 aromatic carbocycles. The Balaban J connectivity index is 4.20. The first-order valence-electron chi connectivity index (χ1n) is 28.9. The van der Waals surface area contributed by atoms with Crippen molar-refractivity contribution >= 4 is 17.9 Å². The van der Waals surface area contributed by atoms with Gasteiger partial charge in [-0.25, -0.2) is 0 Å². The predicted molar refractivity (Wildman–Crippen MR) is 293 cm³/mol. The van der Waals surface area contributed by atoms with Crippen LogP contribution < -0.4 is 0 Å². The van der Waals surface area contributed by atoms with Crippen molar-refractivity contribution in [3.05, 3.63) is 72.9 Å². The first-order chi connectivity index (χ1) is 33.5. The number of rotatable bonds is 52. The van der Waals surface area contributed by atoms with Crippen LogP contribution in [0.4, 0.5) is 0 Å². The highest BCUT2D eigenvalue weighted by Gasteiger charge is 2.19. The number of ether oxygens (including phenoxy) is 3. The monoisotopic (exact) mass is 949 g/mol. The van der Waals surface area contributed by atoms with Gasteiger partial charge in [0.1, 0.15) is 13.2 Å². The van der Waals surface area contributed by atoms with E-state index in [0.29, 0.717) is 19.3 Å². The van der Waals surface area contributed by atoms with Crippen LogP contribution in [0.1, 0.15) is 284 Å². The van der Waals surface area contributed by atoms with Crippen molar-refractivity contribution in [2.24, 2.45) is 0 Å². The summed E-state index contributed by atoms with van der Waals surface area (Å²) in [6.07, 6.45) is 71.9. The predicted octanol–water partition coefficient (Wildman–Crippen LogP) is 19.4. The molecule has 0 N–H and O–H groups in total. The molecule has 0 saturated carbocycles. The maximum atomic E-state index is 12.8. The third-order valence-electron chi connectivity index (χ3n) is 12.4. The van der Waals surface area contributed by atoms with E-state index in [0.717, 1.165) is 103 Å². The van der Waals surface area contributed by atoms with Crippen molar-refractivity contribution < 1.29 is 28.6 Å². The normalized spacial score (nSPS) is 12.6. The molecule has 392 valence electrons. The summed E-state index contributed by atoms with van der Waals surface area (Å²) in [5.41, 5.74) is 0. The molecule has 68 heavy (non-hydrogen) atoms. The Hall–Kier alpha value is -3.15. The fraction of sp³-hybridized carbons (Fsp3) is 0.758. The zero-order valence-corrected chi connectivity index (χ0v) is 44.9. The number of unbranched alkanes of at least 4 members (excludes halogenated alkanes) is 29. The fourth-order valence-electron chi connectivity index (χ4n) is 8.11. The Labute approximate surface area is 421 Å². The van der Waals surface area contributed by atoms with E-state index >= 15 is 0 Å². The van der Waals surface area contributed by atoms with Gasteiger partial charge >= 0.3 is 17.9 Å². The second kappa shape index (κ2) is 56.4. The van der Waals surface area contributed by atoms with E-state index in [-0.39, 0.29) is 31.1 Å². The first kappa shape index (κ1) is 64.8. The highest BCUT2D eigenvalue weighted by atomic mass is 16.6. The molecule has 0 aromatic heterocycles. The number of esters is 3. The molecule has 0 aliphatic heterocycles. The Bertz CT molecular complexity index is 1270. The fourth-order valence-corrected chi connectivity index (χ4v) is 8.11. The quantitative estimate of drug-likeness (QED) is 0.0262. The first-order valence-corrected chi connectivity index (χ1v) is 28.9. The van der Waals surface area contributed by atoms with E-state index in [1.54, 1.807) is 0 Å². The van der Waals surface area contributed by atoms with Gasteiger partial charge in [-0.05, 0) is 89.9 Å². The average molecular weight is 950 g/mol. The largest absolute Gasteiger partial charge is 0.462 e. The minimum absolute atomic E-state index is 0.0765. The van der Waals surface area contributed by atoms with Crippen LogP contribution in [0.3, 0.4) is 0 Å². The molecule has 0 amide bonds. The Morgan fingerprint density at radius 1 is 0.309 bits per heavy atom. The van der Waals surface area contributed by atoms with Gasteiger partial charge in [-0.15, -0.1) is 0 Å². The summed E-state index contributed by atoms with van der Waals surface area (Å²) in [6, 6.07) is 0. The van der Waals surface area contributed by atoms with E-state index in [2.05, 4.69) is 93.7 Å². The minimum atomic E-state index is -0.777. The minimum Gasteiger partial charge on any atom is -0.462 e. The standard InChI is InChI=1S/C62H108O6/c1-4-7-10-13-16-19-22-24-25-26-27-28-29-30-31-32-33-34-35-36-37-39-40-43-46-49-52-55-61(64)67-58-59(57-66-60(63)54-51-48-45-42-21-18-15-12-9-6-3)68-62(65)56-53-50-47-44-41-38-23-20-17-14-11-8-5-2/h7,10,16,19-20,23-25,27-28,30-31,59H,4-6,8-9,11-15,17-18,21-22,26,29,32-58H2,1-3H3/b10-7-,19-16-,23-20-,25-24-,28-27-,31-30-. The van der Waals surface area contributed by atoms with Crippen LogP contribution >= 0.6 is 0 Å². The average Bonchev–Trinajstić information content (AvgIpc) is 3.34. The van der Waals surface area contributed by atoms with E-state index in [4.69, 9.17) is 14.2 Å². The van der Waals surface area contributed by atoms with Crippen molar-refractivity contribution in [1.82, 2.24) is 0 Å².